The molecule has 156 valence electrons. The van der Waals surface area contributed by atoms with Crippen molar-refractivity contribution in [3.8, 4) is 0 Å². The van der Waals surface area contributed by atoms with Crippen LogP contribution in [0.15, 0.2) is 0 Å². The number of rotatable bonds is 12. The van der Waals surface area contributed by atoms with Crippen molar-refractivity contribution in [3.63, 3.8) is 0 Å². The molecular formula is C17H32N4O6. The van der Waals surface area contributed by atoms with Crippen LogP contribution in [0.3, 0.4) is 0 Å². The van der Waals surface area contributed by atoms with Crippen molar-refractivity contribution < 1.29 is 29.4 Å². The predicted octanol–water partition coefficient (Wildman–Crippen LogP) is -1.43. The molecule has 0 fully saturated rings. The Morgan fingerprint density at radius 1 is 1.04 bits per heavy atom. The van der Waals surface area contributed by atoms with Gasteiger partial charge in [0.05, 0.1) is 19.2 Å². The van der Waals surface area contributed by atoms with E-state index in [9.17, 15) is 19.2 Å². The highest BCUT2D eigenvalue weighted by Gasteiger charge is 2.29. The third kappa shape index (κ3) is 9.34. The summed E-state index contributed by atoms with van der Waals surface area (Å²) >= 11 is 0. The standard InChI is InChI=1S/C17H32N4O6/c1-5-10(4)14(16(25)20-12(8-22)17(26)27)21-13(23)7-19-15(24)11(18)6-9(2)3/h9-12,14,22H,5-8,18H2,1-4H3,(H,19,24)(H,20,25)(H,21,23)(H,26,27). The number of aliphatic carboxylic acids is 1. The van der Waals surface area contributed by atoms with Crippen molar-refractivity contribution in [1.29, 1.82) is 0 Å². The third-order valence-electron chi connectivity index (χ3n) is 4.09. The highest BCUT2D eigenvalue weighted by atomic mass is 16.4. The molecule has 4 unspecified atom stereocenters. The van der Waals surface area contributed by atoms with Crippen LogP contribution in [0, 0.1) is 11.8 Å². The first kappa shape index (κ1) is 24.8. The quantitative estimate of drug-likeness (QED) is 0.238. The van der Waals surface area contributed by atoms with Gasteiger partial charge in [0.2, 0.25) is 17.7 Å². The van der Waals surface area contributed by atoms with E-state index in [0.29, 0.717) is 12.8 Å². The second kappa shape index (κ2) is 12.2. The topological polar surface area (TPSA) is 171 Å². The summed E-state index contributed by atoms with van der Waals surface area (Å²) < 4.78 is 0. The van der Waals surface area contributed by atoms with Crippen molar-refractivity contribution in [2.45, 2.75) is 58.7 Å². The molecule has 0 radical (unpaired) electrons. The van der Waals surface area contributed by atoms with Crippen LogP contribution in [0.1, 0.15) is 40.5 Å². The molecule has 0 saturated heterocycles. The van der Waals surface area contributed by atoms with Gasteiger partial charge in [-0.15, -0.1) is 0 Å². The lowest BCUT2D eigenvalue weighted by atomic mass is 9.98. The minimum Gasteiger partial charge on any atom is -0.480 e. The fourth-order valence-electron chi connectivity index (χ4n) is 2.29. The number of nitrogens with two attached hydrogens (primary N) is 1. The van der Waals surface area contributed by atoms with Crippen LogP contribution in [-0.4, -0.2) is 65.2 Å². The molecular weight excluding hydrogens is 356 g/mol. The van der Waals surface area contributed by atoms with Crippen LogP contribution < -0.4 is 21.7 Å². The Balaban J connectivity index is 4.80. The SMILES string of the molecule is CCC(C)C(NC(=O)CNC(=O)C(N)CC(C)C)C(=O)NC(CO)C(=O)O. The van der Waals surface area contributed by atoms with Crippen LogP contribution in [-0.2, 0) is 19.2 Å². The lowest BCUT2D eigenvalue weighted by molar-refractivity contribution is -0.143. The summed E-state index contributed by atoms with van der Waals surface area (Å²) in [6, 6.07) is -3.20. The number of carbonyl (C=O) groups is 4. The molecule has 0 aliphatic carbocycles. The van der Waals surface area contributed by atoms with E-state index in [1.165, 1.54) is 0 Å². The fraction of sp³-hybridized carbons (Fsp3) is 0.765. The van der Waals surface area contributed by atoms with Crippen molar-refractivity contribution in [2.24, 2.45) is 17.6 Å². The van der Waals surface area contributed by atoms with Gasteiger partial charge in [0, 0.05) is 0 Å². The van der Waals surface area contributed by atoms with E-state index < -0.39 is 48.4 Å². The number of aliphatic hydroxyl groups excluding tert-OH is 1. The summed E-state index contributed by atoms with van der Waals surface area (Å²) in [5.41, 5.74) is 5.73. The lowest BCUT2D eigenvalue weighted by Crippen LogP contribution is -2.56. The summed E-state index contributed by atoms with van der Waals surface area (Å²) in [7, 11) is 0. The smallest absolute Gasteiger partial charge is 0.328 e. The zero-order valence-corrected chi connectivity index (χ0v) is 16.3. The Morgan fingerprint density at radius 2 is 1.63 bits per heavy atom. The molecule has 4 atom stereocenters. The summed E-state index contributed by atoms with van der Waals surface area (Å²) in [5.74, 6) is -3.23. The zero-order chi connectivity index (χ0) is 21.1. The Hall–Kier alpha value is -2.20. The number of carboxylic acids is 1. The summed E-state index contributed by atoms with van der Waals surface area (Å²) in [4.78, 5) is 47.2. The molecule has 0 aromatic heterocycles. The Bertz CT molecular complexity index is 526. The van der Waals surface area contributed by atoms with E-state index >= 15 is 0 Å². The summed E-state index contributed by atoms with van der Waals surface area (Å²) in [5, 5.41) is 25.0. The van der Waals surface area contributed by atoms with E-state index in [2.05, 4.69) is 16.0 Å². The number of amides is 3. The van der Waals surface area contributed by atoms with Crippen LogP contribution in [0.25, 0.3) is 0 Å². The maximum atomic E-state index is 12.3. The van der Waals surface area contributed by atoms with Gasteiger partial charge in [0.1, 0.15) is 12.1 Å². The van der Waals surface area contributed by atoms with Gasteiger partial charge in [-0.2, -0.15) is 0 Å². The molecule has 27 heavy (non-hydrogen) atoms. The normalized spacial score (nSPS) is 15.4. The van der Waals surface area contributed by atoms with Crippen LogP contribution in [0.4, 0.5) is 0 Å². The first-order valence-corrected chi connectivity index (χ1v) is 9.00. The minimum atomic E-state index is -1.46. The lowest BCUT2D eigenvalue weighted by Gasteiger charge is -2.25. The molecule has 0 spiro atoms. The molecule has 0 heterocycles. The van der Waals surface area contributed by atoms with E-state index in [1.54, 1.807) is 6.92 Å². The van der Waals surface area contributed by atoms with Crippen molar-refractivity contribution in [1.82, 2.24) is 16.0 Å². The first-order valence-electron chi connectivity index (χ1n) is 9.00. The molecule has 7 N–H and O–H groups in total. The Morgan fingerprint density at radius 3 is 2.07 bits per heavy atom. The molecule has 0 bridgehead atoms. The summed E-state index contributed by atoms with van der Waals surface area (Å²) in [6.07, 6.45) is 1.02. The van der Waals surface area contributed by atoms with Crippen molar-refractivity contribution in [2.75, 3.05) is 13.2 Å². The summed E-state index contributed by atoms with van der Waals surface area (Å²) in [6.45, 7) is 6.25. The Labute approximate surface area is 159 Å². The number of hydrogen-bond acceptors (Lipinski definition) is 6. The molecule has 0 aliphatic rings. The molecule has 0 aromatic rings. The van der Waals surface area contributed by atoms with Crippen molar-refractivity contribution in [3.05, 3.63) is 0 Å². The van der Waals surface area contributed by atoms with E-state index in [-0.39, 0.29) is 18.4 Å². The maximum Gasteiger partial charge on any atom is 0.328 e. The largest absolute Gasteiger partial charge is 0.480 e. The second-order valence-electron chi connectivity index (χ2n) is 6.97. The minimum absolute atomic E-state index is 0.228. The van der Waals surface area contributed by atoms with Crippen molar-refractivity contribution >= 4 is 23.7 Å². The second-order valence-corrected chi connectivity index (χ2v) is 6.97. The number of nitrogens with one attached hydrogen (secondary N) is 3. The zero-order valence-electron chi connectivity index (χ0n) is 16.3. The Kier molecular flexibility index (Phi) is 11.2. The third-order valence-corrected chi connectivity index (χ3v) is 4.09. The maximum absolute atomic E-state index is 12.3. The van der Waals surface area contributed by atoms with Crippen LogP contribution in [0.2, 0.25) is 0 Å². The van der Waals surface area contributed by atoms with E-state index in [1.807, 2.05) is 20.8 Å². The highest BCUT2D eigenvalue weighted by molar-refractivity contribution is 5.92. The van der Waals surface area contributed by atoms with Crippen LogP contribution in [0.5, 0.6) is 0 Å². The highest BCUT2D eigenvalue weighted by Crippen LogP contribution is 2.08. The molecule has 0 aliphatic heterocycles. The fourth-order valence-corrected chi connectivity index (χ4v) is 2.29. The molecule has 10 nitrogen and oxygen atoms in total. The molecule has 0 saturated carbocycles. The van der Waals surface area contributed by atoms with Gasteiger partial charge >= 0.3 is 5.97 Å². The first-order chi connectivity index (χ1) is 12.5. The van der Waals surface area contributed by atoms with Gasteiger partial charge in [0.15, 0.2) is 0 Å². The van der Waals surface area contributed by atoms with Gasteiger partial charge in [-0.3, -0.25) is 14.4 Å². The van der Waals surface area contributed by atoms with Gasteiger partial charge in [-0.1, -0.05) is 34.1 Å². The van der Waals surface area contributed by atoms with Gasteiger partial charge in [0.25, 0.3) is 0 Å². The van der Waals surface area contributed by atoms with E-state index in [0.717, 1.165) is 0 Å². The van der Waals surface area contributed by atoms with Gasteiger partial charge in [-0.25, -0.2) is 4.79 Å². The molecule has 3 amide bonds. The number of carboxylic acid groups (broad SMARTS) is 1. The molecule has 0 rings (SSSR count). The number of hydrogen-bond donors (Lipinski definition) is 6. The predicted molar refractivity (Wildman–Crippen MR) is 98.5 cm³/mol. The average Bonchev–Trinajstić information content (AvgIpc) is 2.60. The number of aliphatic hydroxyl groups is 1. The van der Waals surface area contributed by atoms with E-state index in [4.69, 9.17) is 15.9 Å². The number of carbonyl (C=O) groups excluding carboxylic acids is 3. The molecule has 0 aromatic carbocycles. The average molecular weight is 388 g/mol. The van der Waals surface area contributed by atoms with Gasteiger partial charge in [-0.05, 0) is 18.3 Å². The molecule has 10 heteroatoms. The monoisotopic (exact) mass is 388 g/mol. The van der Waals surface area contributed by atoms with Gasteiger partial charge < -0.3 is 31.9 Å². The van der Waals surface area contributed by atoms with Crippen LogP contribution >= 0.6 is 0 Å².